The van der Waals surface area contributed by atoms with Crippen LogP contribution in [0.25, 0.3) is 0 Å². The molecule has 210 valence electrons. The van der Waals surface area contributed by atoms with Gasteiger partial charge in [0.15, 0.2) is 0 Å². The summed E-state index contributed by atoms with van der Waals surface area (Å²) in [5.41, 5.74) is 7.26. The van der Waals surface area contributed by atoms with Crippen LogP contribution in [0.2, 0.25) is 5.02 Å². The average Bonchev–Trinajstić information content (AvgIpc) is 3.02. The van der Waals surface area contributed by atoms with Crippen LogP contribution < -0.4 is 19.8 Å². The largest absolute Gasteiger partial charge is 0.495 e. The number of carbonyl (C=O) groups excluding carboxylic acids is 1. The van der Waals surface area contributed by atoms with E-state index in [0.717, 1.165) is 61.0 Å². The zero-order valence-corrected chi connectivity index (χ0v) is 23.8. The summed E-state index contributed by atoms with van der Waals surface area (Å²) < 4.78 is 11.3. The number of benzene rings is 4. The van der Waals surface area contributed by atoms with Crippen LogP contribution >= 0.6 is 11.6 Å². The Morgan fingerprint density at radius 2 is 1.61 bits per heavy atom. The van der Waals surface area contributed by atoms with E-state index in [1.165, 1.54) is 5.56 Å². The van der Waals surface area contributed by atoms with Gasteiger partial charge in [-0.2, -0.15) is 5.10 Å². The van der Waals surface area contributed by atoms with E-state index in [1.54, 1.807) is 13.3 Å². The number of ether oxygens (including phenoxy) is 2. The van der Waals surface area contributed by atoms with Crippen LogP contribution in [0.15, 0.2) is 102 Å². The van der Waals surface area contributed by atoms with Gasteiger partial charge in [0, 0.05) is 48.9 Å². The van der Waals surface area contributed by atoms with Crippen molar-refractivity contribution in [2.45, 2.75) is 13.2 Å². The highest BCUT2D eigenvalue weighted by atomic mass is 35.5. The van der Waals surface area contributed by atoms with Gasteiger partial charge in [-0.05, 0) is 65.7 Å². The van der Waals surface area contributed by atoms with E-state index in [2.05, 4.69) is 26.4 Å². The second-order valence-electron chi connectivity index (χ2n) is 9.78. The molecule has 1 N–H and O–H groups in total. The van der Waals surface area contributed by atoms with Gasteiger partial charge in [0.25, 0.3) is 5.91 Å². The van der Waals surface area contributed by atoms with Crippen LogP contribution in [0.5, 0.6) is 11.5 Å². The lowest BCUT2D eigenvalue weighted by atomic mass is 10.1. The number of piperazine rings is 1. The average molecular weight is 569 g/mol. The second kappa shape index (κ2) is 13.8. The maximum atomic E-state index is 12.6. The van der Waals surface area contributed by atoms with Crippen molar-refractivity contribution < 1.29 is 14.3 Å². The van der Waals surface area contributed by atoms with Crippen molar-refractivity contribution in [2.24, 2.45) is 5.10 Å². The third-order valence-electron chi connectivity index (χ3n) is 7.03. The normalized spacial score (nSPS) is 13.8. The molecule has 7 nitrogen and oxygen atoms in total. The summed E-state index contributed by atoms with van der Waals surface area (Å²) in [7, 11) is 1.71. The van der Waals surface area contributed by atoms with Gasteiger partial charge in [0.2, 0.25) is 0 Å². The molecule has 0 bridgehead atoms. The first kappa shape index (κ1) is 28.2. The highest BCUT2D eigenvalue weighted by molar-refractivity contribution is 6.31. The van der Waals surface area contributed by atoms with E-state index in [-0.39, 0.29) is 5.91 Å². The molecule has 0 radical (unpaired) electrons. The Morgan fingerprint density at radius 3 is 2.34 bits per heavy atom. The molecule has 41 heavy (non-hydrogen) atoms. The minimum atomic E-state index is -0.252. The molecule has 0 aliphatic carbocycles. The van der Waals surface area contributed by atoms with E-state index >= 15 is 0 Å². The first-order valence-electron chi connectivity index (χ1n) is 13.6. The number of hydrogen-bond donors (Lipinski definition) is 1. The van der Waals surface area contributed by atoms with Gasteiger partial charge in [0.1, 0.15) is 18.1 Å². The molecule has 1 aliphatic heterocycles. The molecule has 4 aromatic carbocycles. The highest BCUT2D eigenvalue weighted by Crippen LogP contribution is 2.28. The first-order chi connectivity index (χ1) is 20.1. The van der Waals surface area contributed by atoms with Gasteiger partial charge in [-0.1, -0.05) is 54.1 Å². The maximum Gasteiger partial charge on any atom is 0.271 e. The molecule has 0 aromatic heterocycles. The predicted octanol–water partition coefficient (Wildman–Crippen LogP) is 6.01. The summed E-state index contributed by atoms with van der Waals surface area (Å²) in [5, 5.41) is 4.79. The molecule has 1 amide bonds. The van der Waals surface area contributed by atoms with Crippen LogP contribution in [0, 0.1) is 0 Å². The summed E-state index contributed by atoms with van der Waals surface area (Å²) >= 11 is 6.18. The fourth-order valence-electron chi connectivity index (χ4n) is 4.71. The van der Waals surface area contributed by atoms with Crippen molar-refractivity contribution >= 4 is 29.4 Å². The minimum Gasteiger partial charge on any atom is -0.495 e. The molecule has 0 spiro atoms. The van der Waals surface area contributed by atoms with Gasteiger partial charge in [-0.3, -0.25) is 9.69 Å². The third kappa shape index (κ3) is 7.66. The van der Waals surface area contributed by atoms with Crippen molar-refractivity contribution in [3.05, 3.63) is 124 Å². The van der Waals surface area contributed by atoms with Crippen LogP contribution in [-0.4, -0.2) is 50.3 Å². The van der Waals surface area contributed by atoms with Gasteiger partial charge in [-0.15, -0.1) is 0 Å². The number of nitrogens with zero attached hydrogens (tertiary/aromatic N) is 3. The molecule has 1 heterocycles. The monoisotopic (exact) mass is 568 g/mol. The number of carbonyl (C=O) groups is 1. The Morgan fingerprint density at radius 1 is 0.902 bits per heavy atom. The predicted molar refractivity (Wildman–Crippen MR) is 164 cm³/mol. The number of hydrazone groups is 1. The van der Waals surface area contributed by atoms with Crippen LogP contribution in [0.1, 0.15) is 27.0 Å². The van der Waals surface area contributed by atoms with Crippen molar-refractivity contribution in [1.82, 2.24) is 10.3 Å². The zero-order valence-electron chi connectivity index (χ0n) is 23.0. The van der Waals surface area contributed by atoms with E-state index in [4.69, 9.17) is 21.1 Å². The summed E-state index contributed by atoms with van der Waals surface area (Å²) in [6.45, 7) is 5.04. The van der Waals surface area contributed by atoms with Gasteiger partial charge < -0.3 is 14.4 Å². The Balaban J connectivity index is 1.06. The number of para-hydroxylation sites is 2. The first-order valence-corrected chi connectivity index (χ1v) is 14.0. The topological polar surface area (TPSA) is 66.4 Å². The molecule has 5 rings (SSSR count). The van der Waals surface area contributed by atoms with Crippen molar-refractivity contribution in [3.8, 4) is 11.5 Å². The fraction of sp³-hybridized carbons (Fsp3) is 0.212. The Hall–Kier alpha value is -4.33. The number of rotatable bonds is 10. The zero-order chi connectivity index (χ0) is 28.4. The molecule has 1 fully saturated rings. The smallest absolute Gasteiger partial charge is 0.271 e. The molecule has 1 saturated heterocycles. The SMILES string of the molecule is COc1ccccc1N1CCN(Cc2ccc(C(=O)N/N=C\c3ccc(OCc4ccccc4Cl)cc3)cc2)CC1. The lowest BCUT2D eigenvalue weighted by Crippen LogP contribution is -2.46. The molecule has 4 aromatic rings. The molecule has 1 aliphatic rings. The van der Waals surface area contributed by atoms with E-state index in [0.29, 0.717) is 17.2 Å². The summed E-state index contributed by atoms with van der Waals surface area (Å²) in [6.07, 6.45) is 1.61. The molecule has 0 atom stereocenters. The van der Waals surface area contributed by atoms with Crippen molar-refractivity contribution in [3.63, 3.8) is 0 Å². The summed E-state index contributed by atoms with van der Waals surface area (Å²) in [4.78, 5) is 17.4. The number of nitrogens with one attached hydrogen (secondary N) is 1. The van der Waals surface area contributed by atoms with Crippen LogP contribution in [0.4, 0.5) is 5.69 Å². The lowest BCUT2D eigenvalue weighted by Gasteiger charge is -2.36. The highest BCUT2D eigenvalue weighted by Gasteiger charge is 2.19. The fourth-order valence-corrected chi connectivity index (χ4v) is 4.90. The quantitative estimate of drug-likeness (QED) is 0.187. The van der Waals surface area contributed by atoms with E-state index in [1.807, 2.05) is 91.0 Å². The molecular weight excluding hydrogens is 536 g/mol. The number of amides is 1. The Bertz CT molecular complexity index is 1470. The Kier molecular flexibility index (Phi) is 9.52. The van der Waals surface area contributed by atoms with Gasteiger partial charge in [-0.25, -0.2) is 5.43 Å². The Labute approximate surface area is 246 Å². The third-order valence-corrected chi connectivity index (χ3v) is 7.40. The van der Waals surface area contributed by atoms with Gasteiger partial charge >= 0.3 is 0 Å². The number of halogens is 1. The van der Waals surface area contributed by atoms with Gasteiger partial charge in [0.05, 0.1) is 19.0 Å². The molecule has 8 heteroatoms. The van der Waals surface area contributed by atoms with Crippen LogP contribution in [-0.2, 0) is 13.2 Å². The standard InChI is InChI=1S/C33H33ClN4O3/c1-40-32-9-5-4-8-31(32)38-20-18-37(19-21-38)23-26-10-14-27(15-11-26)33(39)36-35-22-25-12-16-29(17-13-25)41-24-28-6-2-3-7-30(28)34/h2-17,22H,18-21,23-24H2,1H3,(H,36,39)/b35-22-. The van der Waals surface area contributed by atoms with Crippen molar-refractivity contribution in [1.29, 1.82) is 0 Å². The van der Waals surface area contributed by atoms with Crippen LogP contribution in [0.3, 0.4) is 0 Å². The lowest BCUT2D eigenvalue weighted by molar-refractivity contribution is 0.0955. The van der Waals surface area contributed by atoms with E-state index in [9.17, 15) is 4.79 Å². The molecule has 0 saturated carbocycles. The maximum absolute atomic E-state index is 12.6. The summed E-state index contributed by atoms with van der Waals surface area (Å²) in [6, 6.07) is 30.9. The minimum absolute atomic E-state index is 0.252. The number of hydrogen-bond acceptors (Lipinski definition) is 6. The van der Waals surface area contributed by atoms with Crippen molar-refractivity contribution in [2.75, 3.05) is 38.2 Å². The molecular formula is C33H33ClN4O3. The number of anilines is 1. The van der Waals surface area contributed by atoms with E-state index < -0.39 is 0 Å². The summed E-state index contributed by atoms with van der Waals surface area (Å²) in [5.74, 6) is 1.38. The molecule has 0 unspecified atom stereocenters. The number of methoxy groups -OCH3 is 1. The second-order valence-corrected chi connectivity index (χ2v) is 10.2.